The van der Waals surface area contributed by atoms with E-state index in [4.69, 9.17) is 4.52 Å². The van der Waals surface area contributed by atoms with E-state index in [9.17, 15) is 4.57 Å². The van der Waals surface area contributed by atoms with Crippen LogP contribution in [0.25, 0.3) is 11.1 Å². The van der Waals surface area contributed by atoms with Gasteiger partial charge in [-0.2, -0.15) is 0 Å². The van der Waals surface area contributed by atoms with Crippen molar-refractivity contribution < 1.29 is 9.09 Å². The van der Waals surface area contributed by atoms with Crippen molar-refractivity contribution in [1.29, 1.82) is 0 Å². The molecule has 2 aromatic rings. The molecule has 1 unspecified atom stereocenters. The molecule has 1 heterocycles. The second-order valence-corrected chi connectivity index (χ2v) is 8.43. The van der Waals surface area contributed by atoms with Gasteiger partial charge in [-0.1, -0.05) is 52.3 Å². The topological polar surface area (TPSA) is 38.3 Å². The Morgan fingerprint density at radius 1 is 1.05 bits per heavy atom. The highest BCUT2D eigenvalue weighted by molar-refractivity contribution is 9.10. The molecule has 1 N–H and O–H groups in total. The third-order valence-corrected chi connectivity index (χ3v) is 6.59. The number of rotatable bonds is 2. The van der Waals surface area contributed by atoms with Crippen LogP contribution in [0.5, 0.6) is 0 Å². The molecule has 116 valence electrons. The van der Waals surface area contributed by atoms with Crippen LogP contribution in [0.1, 0.15) is 19.3 Å². The molecular weight excluding hydrogens is 361 g/mol. The molecule has 22 heavy (non-hydrogen) atoms. The van der Waals surface area contributed by atoms with E-state index >= 15 is 0 Å². The van der Waals surface area contributed by atoms with Crippen molar-refractivity contribution in [2.24, 2.45) is 0 Å². The van der Waals surface area contributed by atoms with E-state index in [1.807, 2.05) is 36.4 Å². The maximum Gasteiger partial charge on any atom is 0.299 e. The zero-order chi connectivity index (χ0) is 15.4. The maximum absolute atomic E-state index is 13.1. The molecule has 0 saturated carbocycles. The number of benzene rings is 2. The molecule has 1 aliphatic heterocycles. The van der Waals surface area contributed by atoms with Gasteiger partial charge in [0, 0.05) is 11.0 Å². The standard InChI is InChI=1S/C17H19BrNO2P/c18-17-13-15(22(20)19-11-5-2-6-12-21-22)9-10-16(17)14-7-3-1-4-8-14/h1,3-4,7-10,13H,2,5-6,11-12H2,(H,19,20). The van der Waals surface area contributed by atoms with Crippen molar-refractivity contribution in [2.45, 2.75) is 19.3 Å². The lowest BCUT2D eigenvalue weighted by atomic mass is 10.1. The van der Waals surface area contributed by atoms with E-state index in [0.717, 1.165) is 46.7 Å². The molecule has 3 rings (SSSR count). The molecule has 1 atom stereocenters. The molecule has 5 heteroatoms. The predicted molar refractivity (Wildman–Crippen MR) is 94.6 cm³/mol. The van der Waals surface area contributed by atoms with Crippen molar-refractivity contribution >= 4 is 28.8 Å². The first kappa shape index (κ1) is 15.9. The van der Waals surface area contributed by atoms with Gasteiger partial charge in [0.15, 0.2) is 0 Å². The Morgan fingerprint density at radius 3 is 2.64 bits per heavy atom. The summed E-state index contributed by atoms with van der Waals surface area (Å²) in [5.74, 6) is 0. The molecule has 0 spiro atoms. The molecule has 1 saturated heterocycles. The second-order valence-electron chi connectivity index (χ2n) is 5.38. The highest BCUT2D eigenvalue weighted by Gasteiger charge is 2.27. The van der Waals surface area contributed by atoms with Crippen LogP contribution in [0.2, 0.25) is 0 Å². The van der Waals surface area contributed by atoms with Crippen LogP contribution in [0.4, 0.5) is 0 Å². The SMILES string of the molecule is O=P1(c2ccc(-c3ccccc3)c(Br)c2)NCCCCCO1. The summed E-state index contributed by atoms with van der Waals surface area (Å²) in [6.07, 6.45) is 3.12. The third kappa shape index (κ3) is 3.52. The maximum atomic E-state index is 13.1. The average molecular weight is 380 g/mol. The Labute approximate surface area is 139 Å². The molecule has 1 aliphatic rings. The lowest BCUT2D eigenvalue weighted by Gasteiger charge is -2.23. The molecule has 0 amide bonds. The van der Waals surface area contributed by atoms with E-state index in [-0.39, 0.29) is 0 Å². The fourth-order valence-electron chi connectivity index (χ4n) is 2.57. The number of hydrogen-bond acceptors (Lipinski definition) is 2. The highest BCUT2D eigenvalue weighted by Crippen LogP contribution is 2.43. The van der Waals surface area contributed by atoms with Gasteiger partial charge >= 0.3 is 0 Å². The lowest BCUT2D eigenvalue weighted by molar-refractivity contribution is 0.293. The summed E-state index contributed by atoms with van der Waals surface area (Å²) >= 11 is 3.61. The Kier molecular flexibility index (Phi) is 5.14. The lowest BCUT2D eigenvalue weighted by Crippen LogP contribution is -2.24. The van der Waals surface area contributed by atoms with E-state index in [0.29, 0.717) is 6.61 Å². The van der Waals surface area contributed by atoms with E-state index in [1.54, 1.807) is 0 Å². The summed E-state index contributed by atoms with van der Waals surface area (Å²) in [5.41, 5.74) is 2.22. The fourth-order valence-corrected chi connectivity index (χ4v) is 5.19. The van der Waals surface area contributed by atoms with Gasteiger partial charge in [0.05, 0.1) is 11.9 Å². The largest absolute Gasteiger partial charge is 0.314 e. The number of hydrogen-bond donors (Lipinski definition) is 1. The zero-order valence-corrected chi connectivity index (χ0v) is 14.8. The van der Waals surface area contributed by atoms with Crippen LogP contribution in [-0.2, 0) is 9.09 Å². The smallest absolute Gasteiger partial charge is 0.299 e. The van der Waals surface area contributed by atoms with E-state index in [2.05, 4.69) is 33.1 Å². The first-order chi connectivity index (χ1) is 10.7. The Balaban J connectivity index is 1.92. The van der Waals surface area contributed by atoms with Gasteiger partial charge in [0.2, 0.25) is 0 Å². The molecular formula is C17H19BrNO2P. The Bertz CT molecular complexity index is 678. The normalized spacial score (nSPS) is 22.8. The van der Waals surface area contributed by atoms with Gasteiger partial charge in [-0.15, -0.1) is 0 Å². The summed E-state index contributed by atoms with van der Waals surface area (Å²) in [5, 5.41) is 3.84. The van der Waals surface area contributed by atoms with E-state index in [1.165, 1.54) is 0 Å². The summed E-state index contributed by atoms with van der Waals surface area (Å²) in [6.45, 7) is 1.28. The van der Waals surface area contributed by atoms with Crippen LogP contribution in [0, 0.1) is 0 Å². The minimum absolute atomic E-state index is 0.544. The fraction of sp³-hybridized carbons (Fsp3) is 0.294. The first-order valence-electron chi connectivity index (χ1n) is 7.54. The summed E-state index contributed by atoms with van der Waals surface area (Å²) in [6, 6.07) is 16.0. The highest BCUT2D eigenvalue weighted by atomic mass is 79.9. The van der Waals surface area contributed by atoms with Crippen molar-refractivity contribution in [3.05, 3.63) is 53.0 Å². The van der Waals surface area contributed by atoms with Crippen LogP contribution in [0.15, 0.2) is 53.0 Å². The third-order valence-electron chi connectivity index (χ3n) is 3.79. The monoisotopic (exact) mass is 379 g/mol. The Morgan fingerprint density at radius 2 is 1.86 bits per heavy atom. The summed E-state index contributed by atoms with van der Waals surface area (Å²) in [7, 11) is -2.96. The molecule has 3 nitrogen and oxygen atoms in total. The van der Waals surface area contributed by atoms with Crippen molar-refractivity contribution in [3.8, 4) is 11.1 Å². The molecule has 0 aromatic heterocycles. The van der Waals surface area contributed by atoms with Crippen molar-refractivity contribution in [1.82, 2.24) is 5.09 Å². The van der Waals surface area contributed by atoms with Crippen LogP contribution in [-0.4, -0.2) is 13.2 Å². The molecule has 1 fully saturated rings. The quantitative estimate of drug-likeness (QED) is 0.766. The average Bonchev–Trinajstić information content (AvgIpc) is 2.52. The Hall–Kier alpha value is -0.930. The number of halogens is 1. The van der Waals surface area contributed by atoms with Gasteiger partial charge in [-0.3, -0.25) is 4.57 Å². The van der Waals surface area contributed by atoms with Gasteiger partial charge in [0.25, 0.3) is 7.52 Å². The van der Waals surface area contributed by atoms with Crippen molar-refractivity contribution in [3.63, 3.8) is 0 Å². The van der Waals surface area contributed by atoms with Gasteiger partial charge < -0.3 is 4.52 Å². The van der Waals surface area contributed by atoms with Crippen LogP contribution in [0.3, 0.4) is 0 Å². The first-order valence-corrected chi connectivity index (χ1v) is 9.96. The molecule has 2 aromatic carbocycles. The molecule has 0 aliphatic carbocycles. The van der Waals surface area contributed by atoms with Gasteiger partial charge in [-0.05, 0) is 42.5 Å². The predicted octanol–water partition coefficient (Wildman–Crippen LogP) is 4.72. The van der Waals surface area contributed by atoms with Gasteiger partial charge in [0.1, 0.15) is 0 Å². The number of nitrogens with one attached hydrogen (secondary N) is 1. The van der Waals surface area contributed by atoms with Crippen LogP contribution >= 0.6 is 23.4 Å². The van der Waals surface area contributed by atoms with Gasteiger partial charge in [-0.25, -0.2) is 5.09 Å². The van der Waals surface area contributed by atoms with Crippen molar-refractivity contribution in [2.75, 3.05) is 13.2 Å². The summed E-state index contributed by atoms with van der Waals surface area (Å²) in [4.78, 5) is 0. The molecule has 0 bridgehead atoms. The van der Waals surface area contributed by atoms with Crippen LogP contribution < -0.4 is 10.4 Å². The molecule has 0 radical (unpaired) electrons. The van der Waals surface area contributed by atoms with E-state index < -0.39 is 7.52 Å². The second kappa shape index (κ2) is 7.10. The minimum Gasteiger partial charge on any atom is -0.314 e. The zero-order valence-electron chi connectivity index (χ0n) is 12.3. The summed E-state index contributed by atoms with van der Waals surface area (Å²) < 4.78 is 19.7. The minimum atomic E-state index is -2.96.